The number of methoxy groups -OCH3 is 1. The van der Waals surface area contributed by atoms with Gasteiger partial charge in [-0.1, -0.05) is 0 Å². The Labute approximate surface area is 129 Å². The van der Waals surface area contributed by atoms with Gasteiger partial charge in [-0.05, 0) is 45.8 Å². The predicted octanol–water partition coefficient (Wildman–Crippen LogP) is 3.76. The summed E-state index contributed by atoms with van der Waals surface area (Å²) >= 11 is 3.10. The highest BCUT2D eigenvalue weighted by atomic mass is 79.9. The Hall–Kier alpha value is -1.88. The van der Waals surface area contributed by atoms with E-state index in [1.54, 1.807) is 12.1 Å². The normalized spacial score (nSPS) is 12.7. The molecule has 0 aliphatic carbocycles. The van der Waals surface area contributed by atoms with Gasteiger partial charge in [0.15, 0.2) is 5.78 Å². The highest BCUT2D eigenvalue weighted by Gasteiger charge is 2.20. The van der Waals surface area contributed by atoms with E-state index < -0.39 is 5.82 Å². The van der Waals surface area contributed by atoms with Crippen molar-refractivity contribution in [3.63, 3.8) is 0 Å². The number of carbonyl (C=O) groups excluding carboxylic acids is 1. The van der Waals surface area contributed by atoms with Crippen LogP contribution in [-0.2, 0) is 6.42 Å². The summed E-state index contributed by atoms with van der Waals surface area (Å²) in [6, 6.07) is 7.97. The molecule has 1 aliphatic heterocycles. The number of rotatable bonds is 3. The molecule has 0 fully saturated rings. The van der Waals surface area contributed by atoms with E-state index >= 15 is 0 Å². The average Bonchev–Trinajstić information content (AvgIpc) is 2.96. The van der Waals surface area contributed by atoms with Crippen LogP contribution < -0.4 is 9.47 Å². The van der Waals surface area contributed by atoms with Crippen molar-refractivity contribution in [2.24, 2.45) is 0 Å². The molecule has 3 rings (SSSR count). The fourth-order valence-electron chi connectivity index (χ4n) is 2.36. The molecule has 1 aliphatic rings. The number of ether oxygens (including phenoxy) is 2. The van der Waals surface area contributed by atoms with E-state index in [2.05, 4.69) is 15.9 Å². The van der Waals surface area contributed by atoms with E-state index in [0.717, 1.165) is 17.7 Å². The van der Waals surface area contributed by atoms with Gasteiger partial charge < -0.3 is 9.47 Å². The van der Waals surface area contributed by atoms with Crippen molar-refractivity contribution in [3.05, 3.63) is 57.3 Å². The first-order valence-corrected chi connectivity index (χ1v) is 7.23. The summed E-state index contributed by atoms with van der Waals surface area (Å²) in [5.41, 5.74) is 1.88. The van der Waals surface area contributed by atoms with Crippen molar-refractivity contribution in [1.82, 2.24) is 0 Å². The lowest BCUT2D eigenvalue weighted by atomic mass is 9.99. The van der Waals surface area contributed by atoms with Gasteiger partial charge in [-0.15, -0.1) is 0 Å². The van der Waals surface area contributed by atoms with E-state index in [0.29, 0.717) is 17.7 Å². The van der Waals surface area contributed by atoms with Gasteiger partial charge in [0.05, 0.1) is 23.8 Å². The first-order chi connectivity index (χ1) is 10.1. The van der Waals surface area contributed by atoms with Gasteiger partial charge in [0.2, 0.25) is 0 Å². The van der Waals surface area contributed by atoms with E-state index in [1.807, 2.05) is 6.07 Å². The fourth-order valence-corrected chi connectivity index (χ4v) is 2.70. The lowest BCUT2D eigenvalue weighted by Crippen LogP contribution is -2.05. The summed E-state index contributed by atoms with van der Waals surface area (Å²) in [6.07, 6.45) is 0.792. The average molecular weight is 351 g/mol. The number of halogens is 2. The topological polar surface area (TPSA) is 35.5 Å². The second-order valence-electron chi connectivity index (χ2n) is 4.72. The summed E-state index contributed by atoms with van der Waals surface area (Å²) in [6.45, 7) is 0.637. The maximum absolute atomic E-state index is 13.5. The van der Waals surface area contributed by atoms with Gasteiger partial charge in [0, 0.05) is 18.1 Å². The molecule has 0 bridgehead atoms. The van der Waals surface area contributed by atoms with Gasteiger partial charge in [-0.3, -0.25) is 4.79 Å². The fraction of sp³-hybridized carbons (Fsp3) is 0.188. The third kappa shape index (κ3) is 2.53. The minimum atomic E-state index is -0.467. The summed E-state index contributed by atoms with van der Waals surface area (Å²) < 4.78 is 24.3. The standard InChI is InChI=1S/C16H12BrFO3/c1-20-15-8-13(18)12(17)7-11(15)16(19)10-2-3-14-9(6-10)4-5-21-14/h2-3,6-8H,4-5H2,1H3. The number of carbonyl (C=O) groups is 1. The molecule has 0 aromatic heterocycles. The molecule has 0 spiro atoms. The molecule has 21 heavy (non-hydrogen) atoms. The minimum absolute atomic E-state index is 0.206. The molecular formula is C16H12BrFO3. The largest absolute Gasteiger partial charge is 0.496 e. The van der Waals surface area contributed by atoms with Crippen LogP contribution in [0.3, 0.4) is 0 Å². The number of hydrogen-bond donors (Lipinski definition) is 0. The molecule has 2 aromatic rings. The molecule has 0 amide bonds. The molecule has 3 nitrogen and oxygen atoms in total. The Morgan fingerprint density at radius 2 is 2.14 bits per heavy atom. The van der Waals surface area contributed by atoms with Crippen molar-refractivity contribution in [2.75, 3.05) is 13.7 Å². The van der Waals surface area contributed by atoms with Crippen molar-refractivity contribution in [3.8, 4) is 11.5 Å². The van der Waals surface area contributed by atoms with Crippen LogP contribution in [0.25, 0.3) is 0 Å². The molecule has 0 saturated heterocycles. The second-order valence-corrected chi connectivity index (χ2v) is 5.57. The van der Waals surface area contributed by atoms with E-state index in [9.17, 15) is 9.18 Å². The molecule has 5 heteroatoms. The summed E-state index contributed by atoms with van der Waals surface area (Å²) in [5, 5.41) is 0. The maximum atomic E-state index is 13.5. The summed E-state index contributed by atoms with van der Waals surface area (Å²) in [4.78, 5) is 12.6. The van der Waals surface area contributed by atoms with Crippen LogP contribution in [0.2, 0.25) is 0 Å². The maximum Gasteiger partial charge on any atom is 0.196 e. The number of hydrogen-bond acceptors (Lipinski definition) is 3. The van der Waals surface area contributed by atoms with Crippen molar-refractivity contribution in [2.45, 2.75) is 6.42 Å². The first-order valence-electron chi connectivity index (χ1n) is 6.43. The number of ketones is 1. The Bertz CT molecular complexity index is 728. The van der Waals surface area contributed by atoms with Gasteiger partial charge in [0.25, 0.3) is 0 Å². The SMILES string of the molecule is COc1cc(F)c(Br)cc1C(=O)c1ccc2c(c1)CCO2. The Morgan fingerprint density at radius 3 is 2.90 bits per heavy atom. The van der Waals surface area contributed by atoms with Crippen LogP contribution in [0.4, 0.5) is 4.39 Å². The van der Waals surface area contributed by atoms with Crippen molar-refractivity contribution in [1.29, 1.82) is 0 Å². The molecule has 2 aromatic carbocycles. The zero-order chi connectivity index (χ0) is 15.0. The first kappa shape index (κ1) is 14.1. The van der Waals surface area contributed by atoms with Gasteiger partial charge >= 0.3 is 0 Å². The lowest BCUT2D eigenvalue weighted by molar-refractivity contribution is 0.103. The smallest absolute Gasteiger partial charge is 0.196 e. The molecular weight excluding hydrogens is 339 g/mol. The van der Waals surface area contributed by atoms with Gasteiger partial charge in [-0.25, -0.2) is 4.39 Å². The van der Waals surface area contributed by atoms with Crippen LogP contribution in [0.5, 0.6) is 11.5 Å². The number of fused-ring (bicyclic) bond motifs is 1. The summed E-state index contributed by atoms with van der Waals surface area (Å²) in [5.74, 6) is 0.365. The van der Waals surface area contributed by atoms with Crippen LogP contribution in [0, 0.1) is 5.82 Å². The second kappa shape index (κ2) is 5.48. The Balaban J connectivity index is 2.04. The van der Waals surface area contributed by atoms with Crippen molar-refractivity contribution < 1.29 is 18.7 Å². The van der Waals surface area contributed by atoms with Crippen LogP contribution >= 0.6 is 15.9 Å². The minimum Gasteiger partial charge on any atom is -0.496 e. The zero-order valence-corrected chi connectivity index (χ0v) is 12.9. The zero-order valence-electron chi connectivity index (χ0n) is 11.3. The molecule has 108 valence electrons. The monoisotopic (exact) mass is 350 g/mol. The van der Waals surface area contributed by atoms with Crippen LogP contribution in [0.1, 0.15) is 21.5 Å². The van der Waals surface area contributed by atoms with E-state index in [-0.39, 0.29) is 16.0 Å². The quantitative estimate of drug-likeness (QED) is 0.790. The molecule has 0 radical (unpaired) electrons. The van der Waals surface area contributed by atoms with Crippen LogP contribution in [-0.4, -0.2) is 19.5 Å². The third-order valence-electron chi connectivity index (χ3n) is 3.44. The third-order valence-corrected chi connectivity index (χ3v) is 4.05. The lowest BCUT2D eigenvalue weighted by Gasteiger charge is -2.10. The van der Waals surface area contributed by atoms with E-state index in [1.165, 1.54) is 19.2 Å². The number of benzene rings is 2. The van der Waals surface area contributed by atoms with Gasteiger partial charge in [0.1, 0.15) is 17.3 Å². The molecule has 0 atom stereocenters. The summed E-state index contributed by atoms with van der Waals surface area (Å²) in [7, 11) is 1.41. The molecule has 0 N–H and O–H groups in total. The highest BCUT2D eigenvalue weighted by molar-refractivity contribution is 9.10. The molecule has 0 unspecified atom stereocenters. The van der Waals surface area contributed by atoms with Crippen LogP contribution in [0.15, 0.2) is 34.8 Å². The van der Waals surface area contributed by atoms with E-state index in [4.69, 9.17) is 9.47 Å². The molecule has 0 saturated carbocycles. The Kier molecular flexibility index (Phi) is 3.68. The molecule has 1 heterocycles. The van der Waals surface area contributed by atoms with Crippen molar-refractivity contribution >= 4 is 21.7 Å². The Morgan fingerprint density at radius 1 is 1.33 bits per heavy atom. The highest BCUT2D eigenvalue weighted by Crippen LogP contribution is 2.31. The predicted molar refractivity (Wildman–Crippen MR) is 79.7 cm³/mol. The van der Waals surface area contributed by atoms with Gasteiger partial charge in [-0.2, -0.15) is 0 Å².